The van der Waals surface area contributed by atoms with E-state index in [9.17, 15) is 29.1 Å². The van der Waals surface area contributed by atoms with Gasteiger partial charge in [-0.05, 0) is 39.0 Å². The highest BCUT2D eigenvalue weighted by molar-refractivity contribution is 7.82. The van der Waals surface area contributed by atoms with E-state index in [1.54, 1.807) is 46.8 Å². The number of thiol groups is 1. The second kappa shape index (κ2) is 14.4. The van der Waals surface area contributed by atoms with Gasteiger partial charge in [-0.1, -0.05) is 19.9 Å². The molecule has 1 rings (SSSR count). The average molecular weight is 558 g/mol. The number of benzene rings is 1. The molecule has 3 amide bonds. The summed E-state index contributed by atoms with van der Waals surface area (Å²) in [5, 5.41) is 16.6. The standard InChI is InChI=1S/C24H35N3O10S/c1-14(2)18(28)34-11-15(3)37-23(4,5)19(29)26-16-8-7-9-17(10-16)27-22(33)36-13-24(38,20(30)31)12-35-21(32)25-6/h7-10,14-15,38H,11-13H2,1-6H3,(H,25,32)(H,26,29)(H,27,33)(H,30,31). The van der Waals surface area contributed by atoms with Crippen LogP contribution in [-0.2, 0) is 33.3 Å². The largest absolute Gasteiger partial charge is 0.480 e. The molecule has 1 aromatic rings. The predicted molar refractivity (Wildman–Crippen MR) is 140 cm³/mol. The van der Waals surface area contributed by atoms with Crippen LogP contribution < -0.4 is 16.0 Å². The molecule has 0 saturated heterocycles. The molecular formula is C24H35N3O10S. The van der Waals surface area contributed by atoms with Crippen molar-refractivity contribution >= 4 is 54.0 Å². The zero-order valence-corrected chi connectivity index (χ0v) is 23.0. The first-order valence-corrected chi connectivity index (χ1v) is 12.0. The van der Waals surface area contributed by atoms with Crippen molar-refractivity contribution in [2.45, 2.75) is 51.1 Å². The summed E-state index contributed by atoms with van der Waals surface area (Å²) in [6, 6.07) is 6.11. The molecule has 0 bridgehead atoms. The maximum atomic E-state index is 12.8. The zero-order valence-electron chi connectivity index (χ0n) is 22.2. The molecule has 0 spiro atoms. The molecule has 0 aliphatic carbocycles. The normalized spacial score (nSPS) is 13.5. The van der Waals surface area contributed by atoms with Crippen LogP contribution in [0, 0.1) is 5.92 Å². The third-order valence-electron chi connectivity index (χ3n) is 4.83. The first-order valence-electron chi connectivity index (χ1n) is 11.6. The van der Waals surface area contributed by atoms with E-state index in [1.807, 2.05) is 0 Å². The second-order valence-electron chi connectivity index (χ2n) is 9.12. The number of hydrogen-bond donors (Lipinski definition) is 5. The lowest BCUT2D eigenvalue weighted by Gasteiger charge is -2.28. The SMILES string of the molecule is CNC(=O)OCC(S)(COC(=O)Nc1cccc(NC(=O)C(C)(C)OC(C)COC(=O)C(C)C)c1)C(=O)O. The third kappa shape index (κ3) is 10.8. The van der Waals surface area contributed by atoms with Gasteiger partial charge in [0.25, 0.3) is 5.91 Å². The van der Waals surface area contributed by atoms with Crippen molar-refractivity contribution in [2.24, 2.45) is 5.92 Å². The summed E-state index contributed by atoms with van der Waals surface area (Å²) in [5.74, 6) is -2.60. The molecule has 0 saturated carbocycles. The highest BCUT2D eigenvalue weighted by atomic mass is 32.1. The quantitative estimate of drug-likeness (QED) is 0.138. The smallest absolute Gasteiger partial charge is 0.411 e. The van der Waals surface area contributed by atoms with Gasteiger partial charge in [-0.25, -0.2) is 9.59 Å². The molecule has 38 heavy (non-hydrogen) atoms. The number of carboxylic acid groups (broad SMARTS) is 1. The molecule has 0 fully saturated rings. The maximum absolute atomic E-state index is 12.8. The number of carboxylic acids is 1. The molecule has 212 valence electrons. The number of anilines is 2. The van der Waals surface area contributed by atoms with Crippen molar-refractivity contribution in [2.75, 3.05) is 37.5 Å². The van der Waals surface area contributed by atoms with Gasteiger partial charge >= 0.3 is 24.1 Å². The summed E-state index contributed by atoms with van der Waals surface area (Å²) >= 11 is 3.97. The Hall–Kier alpha value is -3.52. The van der Waals surface area contributed by atoms with Crippen molar-refractivity contribution < 1.29 is 48.0 Å². The number of ether oxygens (including phenoxy) is 4. The van der Waals surface area contributed by atoms with Gasteiger partial charge in [0.2, 0.25) is 0 Å². The first kappa shape index (κ1) is 32.5. The van der Waals surface area contributed by atoms with Gasteiger partial charge in [-0.2, -0.15) is 12.6 Å². The third-order valence-corrected chi connectivity index (χ3v) is 5.28. The Morgan fingerprint density at radius 2 is 1.50 bits per heavy atom. The van der Waals surface area contributed by atoms with E-state index < -0.39 is 53.7 Å². The van der Waals surface area contributed by atoms with E-state index in [2.05, 4.69) is 28.6 Å². The van der Waals surface area contributed by atoms with Crippen LogP contribution in [0.3, 0.4) is 0 Å². The van der Waals surface area contributed by atoms with Crippen molar-refractivity contribution in [1.82, 2.24) is 5.32 Å². The molecule has 0 aliphatic heterocycles. The van der Waals surface area contributed by atoms with Crippen LogP contribution in [0.1, 0.15) is 34.6 Å². The van der Waals surface area contributed by atoms with Crippen LogP contribution in [0.5, 0.6) is 0 Å². The Bertz CT molecular complexity index is 1020. The van der Waals surface area contributed by atoms with Crippen LogP contribution in [-0.4, -0.2) is 78.5 Å². The number of carbonyl (C=O) groups excluding carboxylic acids is 4. The van der Waals surface area contributed by atoms with E-state index in [0.717, 1.165) is 0 Å². The highest BCUT2D eigenvalue weighted by Crippen LogP contribution is 2.21. The summed E-state index contributed by atoms with van der Waals surface area (Å²) < 4.78 is 18.6. The fourth-order valence-corrected chi connectivity index (χ4v) is 2.80. The minimum absolute atomic E-state index is 0.0113. The lowest BCUT2D eigenvalue weighted by atomic mass is 10.1. The fourth-order valence-electron chi connectivity index (χ4n) is 2.67. The van der Waals surface area contributed by atoms with Crippen LogP contribution in [0.4, 0.5) is 21.0 Å². The minimum atomic E-state index is -1.98. The number of nitrogens with one attached hydrogen (secondary N) is 3. The van der Waals surface area contributed by atoms with Gasteiger partial charge in [0, 0.05) is 18.4 Å². The number of carbonyl (C=O) groups is 5. The minimum Gasteiger partial charge on any atom is -0.480 e. The Kier molecular flexibility index (Phi) is 12.3. The number of amides is 3. The fraction of sp³-hybridized carbons (Fsp3) is 0.542. The molecule has 0 heterocycles. The maximum Gasteiger partial charge on any atom is 0.411 e. The lowest BCUT2D eigenvalue weighted by Crippen LogP contribution is -2.44. The summed E-state index contributed by atoms with van der Waals surface area (Å²) in [5.41, 5.74) is -0.714. The Balaban J connectivity index is 2.70. The van der Waals surface area contributed by atoms with Gasteiger partial charge in [-0.15, -0.1) is 0 Å². The van der Waals surface area contributed by atoms with Gasteiger partial charge in [0.15, 0.2) is 4.75 Å². The summed E-state index contributed by atoms with van der Waals surface area (Å²) in [7, 11) is 1.30. The molecule has 1 aromatic carbocycles. The van der Waals surface area contributed by atoms with E-state index in [-0.39, 0.29) is 24.2 Å². The molecular weight excluding hydrogens is 522 g/mol. The van der Waals surface area contributed by atoms with Crippen molar-refractivity contribution in [3.8, 4) is 0 Å². The summed E-state index contributed by atoms with van der Waals surface area (Å²) in [4.78, 5) is 59.4. The van der Waals surface area contributed by atoms with Crippen LogP contribution in [0.25, 0.3) is 0 Å². The number of hydrogen-bond acceptors (Lipinski definition) is 10. The Morgan fingerprint density at radius 3 is 2.03 bits per heavy atom. The summed E-state index contributed by atoms with van der Waals surface area (Å²) in [6.07, 6.45) is -2.42. The number of aliphatic carboxylic acids is 1. The monoisotopic (exact) mass is 557 g/mol. The van der Waals surface area contributed by atoms with Crippen LogP contribution >= 0.6 is 12.6 Å². The Labute approximate surface area is 226 Å². The molecule has 14 heteroatoms. The highest BCUT2D eigenvalue weighted by Gasteiger charge is 2.38. The molecule has 4 N–H and O–H groups in total. The van der Waals surface area contributed by atoms with Crippen LogP contribution in [0.15, 0.2) is 24.3 Å². The van der Waals surface area contributed by atoms with Crippen molar-refractivity contribution in [3.05, 3.63) is 24.3 Å². The van der Waals surface area contributed by atoms with Gasteiger partial charge in [0.05, 0.1) is 12.0 Å². The molecule has 2 atom stereocenters. The molecule has 0 aromatic heterocycles. The first-order chi connectivity index (χ1) is 17.6. The summed E-state index contributed by atoms with van der Waals surface area (Å²) in [6.45, 7) is 6.84. The van der Waals surface area contributed by atoms with Gasteiger partial charge in [-0.3, -0.25) is 19.7 Å². The molecule has 0 radical (unpaired) electrons. The van der Waals surface area contributed by atoms with E-state index in [4.69, 9.17) is 18.9 Å². The van der Waals surface area contributed by atoms with E-state index in [1.165, 1.54) is 19.2 Å². The number of rotatable bonds is 13. The molecule has 13 nitrogen and oxygen atoms in total. The van der Waals surface area contributed by atoms with Crippen molar-refractivity contribution in [1.29, 1.82) is 0 Å². The lowest BCUT2D eigenvalue weighted by molar-refractivity contribution is -0.159. The molecule has 2 unspecified atom stereocenters. The Morgan fingerprint density at radius 1 is 0.947 bits per heavy atom. The van der Waals surface area contributed by atoms with Crippen molar-refractivity contribution in [3.63, 3.8) is 0 Å². The van der Waals surface area contributed by atoms with Gasteiger partial charge in [0.1, 0.15) is 25.4 Å². The molecule has 0 aliphatic rings. The predicted octanol–water partition coefficient (Wildman–Crippen LogP) is 2.67. The zero-order chi connectivity index (χ0) is 29.1. The van der Waals surface area contributed by atoms with E-state index in [0.29, 0.717) is 5.69 Å². The van der Waals surface area contributed by atoms with E-state index >= 15 is 0 Å². The number of esters is 1. The second-order valence-corrected chi connectivity index (χ2v) is 9.98. The average Bonchev–Trinajstić information content (AvgIpc) is 2.84. The van der Waals surface area contributed by atoms with Gasteiger partial charge < -0.3 is 34.7 Å². The topological polar surface area (TPSA) is 179 Å². The number of alkyl carbamates (subject to hydrolysis) is 1. The van der Waals surface area contributed by atoms with Crippen LogP contribution in [0.2, 0.25) is 0 Å².